The van der Waals surface area contributed by atoms with Crippen LogP contribution in [0.4, 0.5) is 0 Å². The molecule has 9 nitrogen and oxygen atoms in total. The van der Waals surface area contributed by atoms with Crippen molar-refractivity contribution in [2.45, 2.75) is 55.5 Å². The lowest BCUT2D eigenvalue weighted by atomic mass is 10.2. The summed E-state index contributed by atoms with van der Waals surface area (Å²) in [4.78, 5) is 5.11. The van der Waals surface area contributed by atoms with Gasteiger partial charge in [0.25, 0.3) is 0 Å². The van der Waals surface area contributed by atoms with Gasteiger partial charge in [0.1, 0.15) is 5.82 Å². The Kier molecular flexibility index (Phi) is 6.41. The maximum atomic E-state index is 13.1. The van der Waals surface area contributed by atoms with Crippen LogP contribution in [-0.2, 0) is 22.3 Å². The predicted molar refractivity (Wildman–Crippen MR) is 131 cm³/mol. The van der Waals surface area contributed by atoms with Crippen LogP contribution in [0.1, 0.15) is 37.6 Å². The fourth-order valence-electron chi connectivity index (χ4n) is 4.28. The average molecular weight is 498 g/mol. The zero-order valence-corrected chi connectivity index (χ0v) is 20.9. The van der Waals surface area contributed by atoms with Crippen molar-refractivity contribution in [3.8, 4) is 5.69 Å². The lowest BCUT2D eigenvalue weighted by Crippen LogP contribution is -2.35. The highest BCUT2D eigenvalue weighted by Crippen LogP contribution is 2.28. The fourth-order valence-corrected chi connectivity index (χ4v) is 6.66. The molecule has 1 aliphatic heterocycles. The minimum Gasteiger partial charge on any atom is -0.328 e. The molecule has 178 valence electrons. The molecule has 0 spiro atoms. The number of rotatable bonds is 7. The standard InChI is InChI=1S/C23H27N7O2S2/c1-3-29-21-12-11-19(34(31,32)28-13-5-4-6-14-28)15-20(21)24-22(29)16-33-23-25-26-27-30(23)18-9-7-17(2)8-10-18/h7-12,15H,3-6,13-14,16H2,1-2H3. The number of nitrogens with zero attached hydrogens (tertiary/aromatic N) is 7. The number of thioether (sulfide) groups is 1. The van der Waals surface area contributed by atoms with Crippen molar-refractivity contribution in [2.75, 3.05) is 13.1 Å². The number of fused-ring (bicyclic) bond motifs is 1. The highest BCUT2D eigenvalue weighted by molar-refractivity contribution is 7.98. The number of tetrazole rings is 1. The van der Waals surface area contributed by atoms with Crippen LogP contribution in [0.3, 0.4) is 0 Å². The molecule has 2 aromatic heterocycles. The smallest absolute Gasteiger partial charge is 0.243 e. The summed E-state index contributed by atoms with van der Waals surface area (Å²) >= 11 is 1.50. The molecule has 0 radical (unpaired) electrons. The number of sulfonamides is 1. The van der Waals surface area contributed by atoms with Crippen LogP contribution >= 0.6 is 11.8 Å². The lowest BCUT2D eigenvalue weighted by Gasteiger charge is -2.25. The maximum absolute atomic E-state index is 13.1. The molecule has 34 heavy (non-hydrogen) atoms. The minimum atomic E-state index is -3.50. The summed E-state index contributed by atoms with van der Waals surface area (Å²) in [6.45, 7) is 6.00. The van der Waals surface area contributed by atoms with Gasteiger partial charge >= 0.3 is 0 Å². The third kappa shape index (κ3) is 4.35. The van der Waals surface area contributed by atoms with Crippen molar-refractivity contribution in [3.63, 3.8) is 0 Å². The van der Waals surface area contributed by atoms with E-state index >= 15 is 0 Å². The Morgan fingerprint density at radius 1 is 1.03 bits per heavy atom. The summed E-state index contributed by atoms with van der Waals surface area (Å²) in [6.07, 6.45) is 2.91. The molecule has 3 heterocycles. The van der Waals surface area contributed by atoms with Crippen molar-refractivity contribution in [2.24, 2.45) is 0 Å². The molecule has 0 N–H and O–H groups in total. The molecular formula is C23H27N7O2S2. The van der Waals surface area contributed by atoms with Gasteiger partial charge in [0.2, 0.25) is 15.2 Å². The summed E-state index contributed by atoms with van der Waals surface area (Å²) in [5.74, 6) is 1.41. The summed E-state index contributed by atoms with van der Waals surface area (Å²) < 4.78 is 31.7. The number of imidazole rings is 1. The Labute approximate surface area is 203 Å². The van der Waals surface area contributed by atoms with Crippen LogP contribution in [0.2, 0.25) is 0 Å². The number of piperidine rings is 1. The summed E-state index contributed by atoms with van der Waals surface area (Å²) in [5.41, 5.74) is 3.68. The van der Waals surface area contributed by atoms with Gasteiger partial charge in [-0.3, -0.25) is 0 Å². The first kappa shape index (κ1) is 23.0. The van der Waals surface area contributed by atoms with Crippen molar-refractivity contribution >= 4 is 32.8 Å². The molecule has 1 aliphatic rings. The molecule has 4 aromatic rings. The van der Waals surface area contributed by atoms with Gasteiger partial charge < -0.3 is 4.57 Å². The van der Waals surface area contributed by atoms with Gasteiger partial charge in [0.15, 0.2) is 0 Å². The Morgan fingerprint density at radius 2 is 1.79 bits per heavy atom. The predicted octanol–water partition coefficient (Wildman–Crippen LogP) is 3.81. The van der Waals surface area contributed by atoms with E-state index in [9.17, 15) is 8.42 Å². The van der Waals surface area contributed by atoms with E-state index in [-0.39, 0.29) is 0 Å². The minimum absolute atomic E-state index is 0.310. The highest BCUT2D eigenvalue weighted by atomic mass is 32.2. The zero-order valence-electron chi connectivity index (χ0n) is 19.3. The van der Waals surface area contributed by atoms with E-state index in [0.717, 1.165) is 42.8 Å². The molecule has 5 rings (SSSR count). The van der Waals surface area contributed by atoms with Crippen LogP contribution in [0, 0.1) is 6.92 Å². The van der Waals surface area contributed by atoms with Crippen LogP contribution in [0.25, 0.3) is 16.7 Å². The second-order valence-corrected chi connectivity index (χ2v) is 11.3. The number of hydrogen-bond acceptors (Lipinski definition) is 7. The van der Waals surface area contributed by atoms with E-state index in [1.165, 1.54) is 17.3 Å². The number of hydrogen-bond donors (Lipinski definition) is 0. The molecule has 0 atom stereocenters. The first-order chi connectivity index (χ1) is 16.5. The van der Waals surface area contributed by atoms with Crippen molar-refractivity contribution in [3.05, 3.63) is 53.9 Å². The largest absolute Gasteiger partial charge is 0.328 e. The quantitative estimate of drug-likeness (QED) is 0.358. The van der Waals surface area contributed by atoms with E-state index in [1.807, 2.05) is 37.3 Å². The van der Waals surface area contributed by atoms with Gasteiger partial charge in [-0.05, 0) is 67.4 Å². The van der Waals surface area contributed by atoms with Gasteiger partial charge in [-0.1, -0.05) is 35.9 Å². The third-order valence-corrected chi connectivity index (χ3v) is 8.93. The molecule has 0 saturated carbocycles. The van der Waals surface area contributed by atoms with Gasteiger partial charge in [-0.25, -0.2) is 13.4 Å². The monoisotopic (exact) mass is 497 g/mol. The number of aryl methyl sites for hydroxylation is 2. The lowest BCUT2D eigenvalue weighted by molar-refractivity contribution is 0.346. The van der Waals surface area contributed by atoms with Gasteiger partial charge in [-0.2, -0.15) is 8.99 Å². The number of benzene rings is 2. The third-order valence-electron chi connectivity index (χ3n) is 6.12. The van der Waals surface area contributed by atoms with Crippen LogP contribution in [0.15, 0.2) is 52.5 Å². The van der Waals surface area contributed by atoms with Gasteiger partial charge in [0.05, 0.1) is 27.4 Å². The van der Waals surface area contributed by atoms with Crippen LogP contribution < -0.4 is 0 Å². The van der Waals surface area contributed by atoms with E-state index < -0.39 is 10.0 Å². The summed E-state index contributed by atoms with van der Waals surface area (Å²) in [5, 5.41) is 12.8. The molecule has 11 heteroatoms. The van der Waals surface area contributed by atoms with E-state index in [1.54, 1.807) is 21.1 Å². The number of aromatic nitrogens is 6. The maximum Gasteiger partial charge on any atom is 0.243 e. The Bertz CT molecular complexity index is 1410. The summed E-state index contributed by atoms with van der Waals surface area (Å²) in [7, 11) is -3.50. The van der Waals surface area contributed by atoms with Crippen LogP contribution in [-0.4, -0.2) is 55.6 Å². The Hall–Kier alpha value is -2.76. The molecule has 0 aliphatic carbocycles. The first-order valence-corrected chi connectivity index (χ1v) is 13.9. The fraction of sp³-hybridized carbons (Fsp3) is 0.391. The van der Waals surface area contributed by atoms with Crippen molar-refractivity contribution in [1.29, 1.82) is 0 Å². The Morgan fingerprint density at radius 3 is 2.53 bits per heavy atom. The zero-order chi connectivity index (χ0) is 23.7. The topological polar surface area (TPSA) is 98.8 Å². The normalized spacial score (nSPS) is 15.2. The highest BCUT2D eigenvalue weighted by Gasteiger charge is 2.26. The molecule has 1 fully saturated rings. The molecule has 0 amide bonds. The first-order valence-electron chi connectivity index (χ1n) is 11.4. The van der Waals surface area contributed by atoms with Crippen molar-refractivity contribution in [1.82, 2.24) is 34.1 Å². The van der Waals surface area contributed by atoms with E-state index in [0.29, 0.717) is 34.4 Å². The summed E-state index contributed by atoms with van der Waals surface area (Å²) in [6, 6.07) is 13.3. The van der Waals surface area contributed by atoms with Gasteiger partial charge in [0, 0.05) is 19.6 Å². The van der Waals surface area contributed by atoms with Gasteiger partial charge in [-0.15, -0.1) is 5.10 Å². The van der Waals surface area contributed by atoms with Crippen LogP contribution in [0.5, 0.6) is 0 Å². The second-order valence-electron chi connectivity index (χ2n) is 8.39. The van der Waals surface area contributed by atoms with Crippen molar-refractivity contribution < 1.29 is 8.42 Å². The average Bonchev–Trinajstić information content (AvgIpc) is 3.47. The molecule has 0 bridgehead atoms. The van der Waals surface area contributed by atoms with E-state index in [4.69, 9.17) is 4.98 Å². The second kappa shape index (κ2) is 9.47. The molecule has 1 saturated heterocycles. The molecular weight excluding hydrogens is 470 g/mol. The van der Waals surface area contributed by atoms with E-state index in [2.05, 4.69) is 27.0 Å². The Balaban J connectivity index is 1.41. The SMILES string of the molecule is CCn1c(CSc2nnnn2-c2ccc(C)cc2)nc2cc(S(=O)(=O)N3CCCCC3)ccc21. The molecule has 2 aromatic carbocycles. The molecule has 0 unspecified atom stereocenters.